The zero-order valence-corrected chi connectivity index (χ0v) is 19.7. The maximum Gasteiger partial charge on any atom is 0.252 e. The largest absolute Gasteiger partial charge is 0.379 e. The van der Waals surface area contributed by atoms with E-state index in [1.54, 1.807) is 0 Å². The molecule has 0 heterocycles. The van der Waals surface area contributed by atoms with E-state index in [9.17, 15) is 9.90 Å². The number of nitrogens with one attached hydrogen (secondary N) is 1. The molecule has 2 bridgehead atoms. The molecule has 1 unspecified atom stereocenters. The van der Waals surface area contributed by atoms with Gasteiger partial charge in [-0.15, -0.1) is 0 Å². The van der Waals surface area contributed by atoms with E-state index < -0.39 is 5.60 Å². The average Bonchev–Trinajstić information content (AvgIpc) is 2.54. The summed E-state index contributed by atoms with van der Waals surface area (Å²) in [5, 5.41) is 15.1. The van der Waals surface area contributed by atoms with Gasteiger partial charge in [0, 0.05) is 11.0 Å². The van der Waals surface area contributed by atoms with Gasteiger partial charge in [-0.25, -0.2) is 0 Å². The fourth-order valence-corrected chi connectivity index (χ4v) is 7.47. The summed E-state index contributed by atoms with van der Waals surface area (Å²) in [5.41, 5.74) is -1.56. The topological polar surface area (TPSA) is 49.3 Å². The Morgan fingerprint density at radius 1 is 0.929 bits per heavy atom. The van der Waals surface area contributed by atoms with Gasteiger partial charge >= 0.3 is 0 Å². The van der Waals surface area contributed by atoms with Crippen LogP contribution in [0.1, 0.15) is 100 Å². The van der Waals surface area contributed by atoms with Crippen LogP contribution in [-0.2, 0) is 4.79 Å². The summed E-state index contributed by atoms with van der Waals surface area (Å²) in [4.78, 5) is 13.4. The van der Waals surface area contributed by atoms with Crippen molar-refractivity contribution in [2.24, 2.45) is 40.4 Å². The maximum atomic E-state index is 13.4. The summed E-state index contributed by atoms with van der Waals surface area (Å²) in [6, 6.07) is 0. The first kappa shape index (κ1) is 22.1. The van der Waals surface area contributed by atoms with Gasteiger partial charge in [0.2, 0.25) is 0 Å². The lowest BCUT2D eigenvalue weighted by Gasteiger charge is -2.61. The molecule has 0 aromatic carbocycles. The summed E-state index contributed by atoms with van der Waals surface area (Å²) >= 11 is 0. The molecular formula is C25H45NO2. The van der Waals surface area contributed by atoms with Gasteiger partial charge in [-0.2, -0.15) is 0 Å². The van der Waals surface area contributed by atoms with Crippen molar-refractivity contribution in [3.05, 3.63) is 0 Å². The molecule has 0 aliphatic heterocycles. The van der Waals surface area contributed by atoms with E-state index >= 15 is 0 Å². The standard InChI is InChI=1S/C25H45NO2/c1-16-9-10-18-15-20-17(2)11-14-25(28,21(27)26-22(3,4)5)24(20,8)13-12-19(16)23(18,6)7/h16-20,28H,9-15H2,1-8H3,(H,26,27)/t16-,17-,18+,19+,20-,24+,25?/m1/s1. The number of hydrogen-bond donors (Lipinski definition) is 2. The third kappa shape index (κ3) is 3.44. The van der Waals surface area contributed by atoms with Crippen LogP contribution in [0.5, 0.6) is 0 Å². The quantitative estimate of drug-likeness (QED) is 0.615. The summed E-state index contributed by atoms with van der Waals surface area (Å²) < 4.78 is 0. The van der Waals surface area contributed by atoms with E-state index in [4.69, 9.17) is 0 Å². The van der Waals surface area contributed by atoms with E-state index in [0.29, 0.717) is 35.5 Å². The average molecular weight is 392 g/mol. The normalized spacial score (nSPS) is 46.1. The van der Waals surface area contributed by atoms with E-state index in [1.165, 1.54) is 19.3 Å². The number of aliphatic hydroxyl groups is 1. The van der Waals surface area contributed by atoms with Gasteiger partial charge < -0.3 is 10.4 Å². The molecule has 0 spiro atoms. The van der Waals surface area contributed by atoms with Gasteiger partial charge in [0.1, 0.15) is 5.60 Å². The molecule has 3 rings (SSSR count). The van der Waals surface area contributed by atoms with Crippen molar-refractivity contribution in [2.75, 3.05) is 0 Å². The molecular weight excluding hydrogens is 346 g/mol. The fraction of sp³-hybridized carbons (Fsp3) is 0.960. The lowest BCUT2D eigenvalue weighted by molar-refractivity contribution is -0.193. The Hall–Kier alpha value is -0.570. The molecule has 3 aliphatic carbocycles. The smallest absolute Gasteiger partial charge is 0.252 e. The Balaban J connectivity index is 2.00. The van der Waals surface area contributed by atoms with Crippen LogP contribution in [0.4, 0.5) is 0 Å². The second-order valence-electron chi connectivity index (χ2n) is 12.6. The highest BCUT2D eigenvalue weighted by Crippen LogP contribution is 2.62. The molecule has 7 atom stereocenters. The van der Waals surface area contributed by atoms with Crippen LogP contribution in [0.2, 0.25) is 0 Å². The molecule has 3 heteroatoms. The van der Waals surface area contributed by atoms with E-state index in [1.807, 2.05) is 20.8 Å². The van der Waals surface area contributed by atoms with Gasteiger partial charge in [0.05, 0.1) is 0 Å². The lowest BCUT2D eigenvalue weighted by atomic mass is 9.45. The Bertz CT molecular complexity index is 606. The third-order valence-electron chi connectivity index (χ3n) is 9.45. The van der Waals surface area contributed by atoms with E-state index in [0.717, 1.165) is 25.2 Å². The van der Waals surface area contributed by atoms with Crippen LogP contribution < -0.4 is 5.32 Å². The number of carbonyl (C=O) groups is 1. The molecule has 162 valence electrons. The van der Waals surface area contributed by atoms with Crippen molar-refractivity contribution in [1.82, 2.24) is 5.32 Å². The monoisotopic (exact) mass is 391 g/mol. The molecule has 0 aromatic heterocycles. The Labute approximate surface area is 173 Å². The SMILES string of the molecule is C[C@@H]1CCC(O)(C(=O)NC(C)(C)C)[C@@]2(C)CC[C@H]3[C@H](C)CC[C@@H](C[C@H]12)C3(C)C. The number of carbonyl (C=O) groups excluding carboxylic acids is 1. The van der Waals surface area contributed by atoms with Crippen LogP contribution >= 0.6 is 0 Å². The van der Waals surface area contributed by atoms with E-state index in [2.05, 4.69) is 39.9 Å². The second-order valence-corrected chi connectivity index (χ2v) is 12.6. The van der Waals surface area contributed by atoms with Crippen LogP contribution in [0, 0.1) is 40.4 Å². The Kier molecular flexibility index (Phi) is 5.53. The summed E-state index contributed by atoms with van der Waals surface area (Å²) in [7, 11) is 0. The summed E-state index contributed by atoms with van der Waals surface area (Å²) in [6.45, 7) is 18.0. The van der Waals surface area contributed by atoms with Gasteiger partial charge in [-0.3, -0.25) is 4.79 Å². The van der Waals surface area contributed by atoms with Gasteiger partial charge in [0.15, 0.2) is 0 Å². The van der Waals surface area contributed by atoms with Crippen molar-refractivity contribution in [2.45, 2.75) is 111 Å². The number of amides is 1. The molecule has 3 fully saturated rings. The molecule has 0 radical (unpaired) electrons. The third-order valence-corrected chi connectivity index (χ3v) is 9.45. The van der Waals surface area contributed by atoms with Crippen LogP contribution in [-0.4, -0.2) is 22.2 Å². The minimum absolute atomic E-state index is 0.141. The van der Waals surface area contributed by atoms with Crippen LogP contribution in [0.25, 0.3) is 0 Å². The van der Waals surface area contributed by atoms with Crippen LogP contribution in [0.3, 0.4) is 0 Å². The first-order valence-electron chi connectivity index (χ1n) is 11.8. The molecule has 0 aromatic rings. The van der Waals surface area contributed by atoms with Gasteiger partial charge in [-0.1, -0.05) is 41.0 Å². The van der Waals surface area contributed by atoms with Crippen molar-refractivity contribution in [3.8, 4) is 0 Å². The van der Waals surface area contributed by atoms with Crippen molar-refractivity contribution in [1.29, 1.82) is 0 Å². The van der Waals surface area contributed by atoms with Crippen LogP contribution in [0.15, 0.2) is 0 Å². The zero-order chi connectivity index (χ0) is 21.1. The molecule has 0 saturated heterocycles. The lowest BCUT2D eigenvalue weighted by Crippen LogP contribution is -2.66. The Morgan fingerprint density at radius 3 is 2.14 bits per heavy atom. The summed E-state index contributed by atoms with van der Waals surface area (Å²) in [6.07, 6.45) is 7.44. The zero-order valence-electron chi connectivity index (χ0n) is 19.7. The summed E-state index contributed by atoms with van der Waals surface area (Å²) in [5.74, 6) is 2.97. The highest BCUT2D eigenvalue weighted by atomic mass is 16.3. The number of rotatable bonds is 1. The minimum atomic E-state index is -1.25. The van der Waals surface area contributed by atoms with Crippen molar-refractivity contribution in [3.63, 3.8) is 0 Å². The molecule has 2 N–H and O–H groups in total. The first-order valence-corrected chi connectivity index (χ1v) is 11.8. The van der Waals surface area contributed by atoms with Gasteiger partial charge in [-0.05, 0) is 94.3 Å². The molecule has 3 nitrogen and oxygen atoms in total. The predicted octanol–water partition coefficient (Wildman–Crippen LogP) is 5.56. The van der Waals surface area contributed by atoms with Crippen molar-refractivity contribution >= 4 is 5.91 Å². The highest BCUT2D eigenvalue weighted by Gasteiger charge is 2.62. The Morgan fingerprint density at radius 2 is 1.54 bits per heavy atom. The fourth-order valence-electron chi connectivity index (χ4n) is 7.47. The molecule has 3 saturated carbocycles. The minimum Gasteiger partial charge on any atom is -0.379 e. The number of fused-ring (bicyclic) bond motifs is 3. The molecule has 28 heavy (non-hydrogen) atoms. The predicted molar refractivity (Wildman–Crippen MR) is 116 cm³/mol. The number of hydrogen-bond acceptors (Lipinski definition) is 2. The first-order chi connectivity index (χ1) is 12.7. The van der Waals surface area contributed by atoms with Gasteiger partial charge in [0.25, 0.3) is 5.91 Å². The molecule has 3 aliphatic rings. The molecule has 1 amide bonds. The van der Waals surface area contributed by atoms with E-state index in [-0.39, 0.29) is 16.9 Å². The second kappa shape index (κ2) is 7.00. The maximum absolute atomic E-state index is 13.4. The van der Waals surface area contributed by atoms with Crippen molar-refractivity contribution < 1.29 is 9.90 Å². The highest BCUT2D eigenvalue weighted by molar-refractivity contribution is 5.86.